The van der Waals surface area contributed by atoms with Crippen LogP contribution in [0.3, 0.4) is 0 Å². The second-order valence-electron chi connectivity index (χ2n) is 5.39. The standard InChI is InChI=1S/C18H21NO3/c1-12-4-6-14(7-5-12)17(13(2)18(20)21)19-15-8-10-16(22-3)11-9-15/h4-11,13,17,19H,1-3H3,(H,20,21)/t13-,17+/m1/s1. The highest BCUT2D eigenvalue weighted by Gasteiger charge is 2.25. The van der Waals surface area contributed by atoms with Gasteiger partial charge in [0.05, 0.1) is 19.1 Å². The van der Waals surface area contributed by atoms with Crippen LogP contribution in [0.1, 0.15) is 24.1 Å². The van der Waals surface area contributed by atoms with Gasteiger partial charge >= 0.3 is 5.97 Å². The van der Waals surface area contributed by atoms with Gasteiger partial charge in [0, 0.05) is 5.69 Å². The molecular weight excluding hydrogens is 278 g/mol. The van der Waals surface area contributed by atoms with Gasteiger partial charge in [-0.3, -0.25) is 4.79 Å². The number of hydrogen-bond donors (Lipinski definition) is 2. The summed E-state index contributed by atoms with van der Waals surface area (Å²) in [6.07, 6.45) is 0. The number of carboxylic acids is 1. The SMILES string of the molecule is COc1ccc(N[C@H](c2ccc(C)cc2)[C@@H](C)C(=O)O)cc1. The van der Waals surface area contributed by atoms with Gasteiger partial charge in [-0.1, -0.05) is 29.8 Å². The van der Waals surface area contributed by atoms with E-state index in [1.165, 1.54) is 0 Å². The van der Waals surface area contributed by atoms with E-state index in [0.717, 1.165) is 22.6 Å². The number of nitrogens with one attached hydrogen (secondary N) is 1. The van der Waals surface area contributed by atoms with E-state index in [-0.39, 0.29) is 6.04 Å². The summed E-state index contributed by atoms with van der Waals surface area (Å²) >= 11 is 0. The minimum atomic E-state index is -0.827. The Bertz CT molecular complexity index is 620. The summed E-state index contributed by atoms with van der Waals surface area (Å²) < 4.78 is 5.14. The average Bonchev–Trinajstić information content (AvgIpc) is 2.53. The summed E-state index contributed by atoms with van der Waals surface area (Å²) in [5.41, 5.74) is 2.96. The smallest absolute Gasteiger partial charge is 0.308 e. The van der Waals surface area contributed by atoms with E-state index >= 15 is 0 Å². The molecule has 0 fully saturated rings. The Balaban J connectivity index is 2.27. The van der Waals surface area contributed by atoms with Gasteiger partial charge in [0.25, 0.3) is 0 Å². The first kappa shape index (κ1) is 15.9. The Morgan fingerprint density at radius 1 is 1.09 bits per heavy atom. The lowest BCUT2D eigenvalue weighted by Crippen LogP contribution is -2.25. The molecule has 4 nitrogen and oxygen atoms in total. The van der Waals surface area contributed by atoms with Crippen molar-refractivity contribution < 1.29 is 14.6 Å². The van der Waals surface area contributed by atoms with Crippen LogP contribution in [0.4, 0.5) is 5.69 Å². The Morgan fingerprint density at radius 3 is 2.18 bits per heavy atom. The summed E-state index contributed by atoms with van der Waals surface area (Å²) in [6, 6.07) is 15.1. The molecule has 2 aromatic rings. The zero-order valence-corrected chi connectivity index (χ0v) is 13.0. The molecule has 0 radical (unpaired) electrons. The highest BCUT2D eigenvalue weighted by Crippen LogP contribution is 2.28. The van der Waals surface area contributed by atoms with E-state index in [4.69, 9.17) is 4.74 Å². The molecule has 2 atom stereocenters. The molecule has 0 aromatic heterocycles. The molecule has 0 bridgehead atoms. The van der Waals surface area contributed by atoms with Crippen molar-refractivity contribution >= 4 is 11.7 Å². The van der Waals surface area contributed by atoms with Crippen LogP contribution in [0.25, 0.3) is 0 Å². The maximum atomic E-state index is 11.4. The number of hydrogen-bond acceptors (Lipinski definition) is 3. The number of benzene rings is 2. The first-order valence-corrected chi connectivity index (χ1v) is 7.21. The zero-order valence-electron chi connectivity index (χ0n) is 13.0. The molecule has 0 saturated heterocycles. The van der Waals surface area contributed by atoms with Crippen molar-refractivity contribution in [3.05, 3.63) is 59.7 Å². The summed E-state index contributed by atoms with van der Waals surface area (Å²) in [4.78, 5) is 11.4. The van der Waals surface area contributed by atoms with Crippen LogP contribution in [0.2, 0.25) is 0 Å². The molecule has 116 valence electrons. The Kier molecular flexibility index (Phi) is 5.04. The van der Waals surface area contributed by atoms with Crippen molar-refractivity contribution in [1.82, 2.24) is 0 Å². The van der Waals surface area contributed by atoms with Crippen LogP contribution in [0, 0.1) is 12.8 Å². The quantitative estimate of drug-likeness (QED) is 0.850. The summed E-state index contributed by atoms with van der Waals surface area (Å²) in [5.74, 6) is -0.611. The molecule has 0 unspecified atom stereocenters. The van der Waals surface area contributed by atoms with Crippen LogP contribution in [-0.2, 0) is 4.79 Å². The molecule has 22 heavy (non-hydrogen) atoms. The van der Waals surface area contributed by atoms with Crippen molar-refractivity contribution in [3.63, 3.8) is 0 Å². The number of ether oxygens (including phenoxy) is 1. The Morgan fingerprint density at radius 2 is 1.68 bits per heavy atom. The lowest BCUT2D eigenvalue weighted by molar-refractivity contribution is -0.141. The van der Waals surface area contributed by atoms with E-state index < -0.39 is 11.9 Å². The molecule has 0 amide bonds. The fraction of sp³-hybridized carbons (Fsp3) is 0.278. The third-order valence-corrected chi connectivity index (χ3v) is 3.74. The molecule has 2 rings (SSSR count). The predicted octanol–water partition coefficient (Wildman–Crippen LogP) is 3.88. The van der Waals surface area contributed by atoms with Crippen molar-refractivity contribution in [2.45, 2.75) is 19.9 Å². The molecule has 0 spiro atoms. The van der Waals surface area contributed by atoms with Crippen molar-refractivity contribution in [2.24, 2.45) is 5.92 Å². The number of methoxy groups -OCH3 is 1. The second kappa shape index (κ2) is 6.98. The molecular formula is C18H21NO3. The van der Waals surface area contributed by atoms with E-state index in [0.29, 0.717) is 0 Å². The highest BCUT2D eigenvalue weighted by molar-refractivity contribution is 5.71. The number of rotatable bonds is 6. The summed E-state index contributed by atoms with van der Waals surface area (Å²) in [7, 11) is 1.62. The van der Waals surface area contributed by atoms with Gasteiger partial charge in [-0.2, -0.15) is 0 Å². The van der Waals surface area contributed by atoms with Gasteiger partial charge in [0.15, 0.2) is 0 Å². The van der Waals surface area contributed by atoms with E-state index in [1.807, 2.05) is 55.5 Å². The maximum Gasteiger partial charge on any atom is 0.308 e. The van der Waals surface area contributed by atoms with E-state index in [2.05, 4.69) is 5.32 Å². The Hall–Kier alpha value is -2.49. The molecule has 0 saturated carbocycles. The fourth-order valence-corrected chi connectivity index (χ4v) is 2.28. The number of aliphatic carboxylic acids is 1. The number of carboxylic acid groups (broad SMARTS) is 1. The first-order valence-electron chi connectivity index (χ1n) is 7.21. The summed E-state index contributed by atoms with van der Waals surface area (Å²) in [6.45, 7) is 3.72. The number of anilines is 1. The van der Waals surface area contributed by atoms with Crippen LogP contribution in [0.5, 0.6) is 5.75 Å². The fourth-order valence-electron chi connectivity index (χ4n) is 2.28. The van der Waals surface area contributed by atoms with Crippen LogP contribution >= 0.6 is 0 Å². The van der Waals surface area contributed by atoms with Gasteiger partial charge in [0.1, 0.15) is 5.75 Å². The largest absolute Gasteiger partial charge is 0.497 e. The predicted molar refractivity (Wildman–Crippen MR) is 87.3 cm³/mol. The second-order valence-corrected chi connectivity index (χ2v) is 5.39. The summed E-state index contributed by atoms with van der Waals surface area (Å²) in [5, 5.41) is 12.7. The monoisotopic (exact) mass is 299 g/mol. The molecule has 0 aliphatic carbocycles. The molecule has 4 heteroatoms. The van der Waals surface area contributed by atoms with Crippen molar-refractivity contribution in [3.8, 4) is 5.75 Å². The van der Waals surface area contributed by atoms with Gasteiger partial charge in [-0.05, 0) is 43.7 Å². The van der Waals surface area contributed by atoms with E-state index in [9.17, 15) is 9.90 Å². The van der Waals surface area contributed by atoms with E-state index in [1.54, 1.807) is 14.0 Å². The normalized spacial score (nSPS) is 13.2. The third-order valence-electron chi connectivity index (χ3n) is 3.74. The average molecular weight is 299 g/mol. The molecule has 0 aliphatic heterocycles. The van der Waals surface area contributed by atoms with Gasteiger partial charge < -0.3 is 15.2 Å². The third kappa shape index (κ3) is 3.79. The first-order chi connectivity index (χ1) is 10.5. The molecule has 2 aromatic carbocycles. The lowest BCUT2D eigenvalue weighted by atomic mass is 9.93. The lowest BCUT2D eigenvalue weighted by Gasteiger charge is -2.24. The molecule has 0 heterocycles. The van der Waals surface area contributed by atoms with Gasteiger partial charge in [0.2, 0.25) is 0 Å². The van der Waals surface area contributed by atoms with Crippen molar-refractivity contribution in [2.75, 3.05) is 12.4 Å². The number of aryl methyl sites for hydroxylation is 1. The van der Waals surface area contributed by atoms with Crippen LogP contribution < -0.4 is 10.1 Å². The molecule has 0 aliphatic rings. The van der Waals surface area contributed by atoms with Crippen LogP contribution in [-0.4, -0.2) is 18.2 Å². The van der Waals surface area contributed by atoms with Gasteiger partial charge in [-0.25, -0.2) is 0 Å². The highest BCUT2D eigenvalue weighted by atomic mass is 16.5. The van der Waals surface area contributed by atoms with Crippen molar-refractivity contribution in [1.29, 1.82) is 0 Å². The van der Waals surface area contributed by atoms with Crippen LogP contribution in [0.15, 0.2) is 48.5 Å². The minimum Gasteiger partial charge on any atom is -0.497 e. The zero-order chi connectivity index (χ0) is 16.1. The minimum absolute atomic E-state index is 0.300. The number of carbonyl (C=O) groups is 1. The maximum absolute atomic E-state index is 11.4. The topological polar surface area (TPSA) is 58.6 Å². The Labute approximate surface area is 130 Å². The molecule has 2 N–H and O–H groups in total. The van der Waals surface area contributed by atoms with Gasteiger partial charge in [-0.15, -0.1) is 0 Å².